The van der Waals surface area contributed by atoms with Crippen LogP contribution in [0.2, 0.25) is 0 Å². The van der Waals surface area contributed by atoms with E-state index in [1.54, 1.807) is 0 Å². The van der Waals surface area contributed by atoms with Crippen LogP contribution in [0.1, 0.15) is 22.3 Å². The molecular weight excluding hydrogens is 446 g/mol. The number of hydrogen-bond acceptors (Lipinski definition) is 1. The van der Waals surface area contributed by atoms with Crippen molar-refractivity contribution in [3.63, 3.8) is 0 Å². The molecule has 5 aromatic rings. The molecule has 0 saturated heterocycles. The molecule has 0 heterocycles. The number of allylic oxidation sites excluding steroid dienone is 2. The monoisotopic (exact) mass is 475 g/mol. The number of nitrogens with zero attached hydrogens (tertiary/aromatic N) is 1. The second-order valence-electron chi connectivity index (χ2n) is 8.70. The summed E-state index contributed by atoms with van der Waals surface area (Å²) in [5.74, 6) is 0. The van der Waals surface area contributed by atoms with Crippen LogP contribution in [0, 0.1) is 0 Å². The Hall–Kier alpha value is -4.88. The summed E-state index contributed by atoms with van der Waals surface area (Å²) < 4.78 is 0. The highest BCUT2D eigenvalue weighted by molar-refractivity contribution is 5.84. The van der Waals surface area contributed by atoms with Gasteiger partial charge in [-0.1, -0.05) is 146 Å². The van der Waals surface area contributed by atoms with E-state index in [-0.39, 0.29) is 0 Å². The van der Waals surface area contributed by atoms with Crippen molar-refractivity contribution in [1.29, 1.82) is 0 Å². The van der Waals surface area contributed by atoms with Crippen molar-refractivity contribution in [2.45, 2.75) is 0 Å². The zero-order valence-electron chi connectivity index (χ0n) is 20.7. The summed E-state index contributed by atoms with van der Waals surface area (Å²) in [5.41, 5.74) is 8.09. The summed E-state index contributed by atoms with van der Waals surface area (Å²) in [6.45, 7) is 0. The molecular formula is C36H29N. The summed E-state index contributed by atoms with van der Waals surface area (Å²) in [6, 6.07) is 50.7. The maximum absolute atomic E-state index is 2.26. The number of para-hydroxylation sites is 1. The molecule has 0 aromatic heterocycles. The molecule has 178 valence electrons. The third-order valence-electron chi connectivity index (χ3n) is 6.12. The first-order valence-electron chi connectivity index (χ1n) is 12.5. The topological polar surface area (TPSA) is 3.24 Å². The third-order valence-corrected chi connectivity index (χ3v) is 6.12. The Kier molecular flexibility index (Phi) is 7.86. The molecule has 5 aromatic carbocycles. The van der Waals surface area contributed by atoms with Crippen molar-refractivity contribution < 1.29 is 0 Å². The number of anilines is 2. The summed E-state index contributed by atoms with van der Waals surface area (Å²) in [7, 11) is 0. The Balaban J connectivity index is 1.48. The van der Waals surface area contributed by atoms with Gasteiger partial charge >= 0.3 is 0 Å². The quantitative estimate of drug-likeness (QED) is 0.202. The van der Waals surface area contributed by atoms with Gasteiger partial charge < -0.3 is 4.90 Å². The minimum Gasteiger partial charge on any atom is -0.317 e. The molecule has 0 aliphatic rings. The van der Waals surface area contributed by atoms with Gasteiger partial charge in [0.05, 0.1) is 0 Å². The van der Waals surface area contributed by atoms with Gasteiger partial charge in [-0.25, -0.2) is 0 Å². The van der Waals surface area contributed by atoms with E-state index in [1.807, 2.05) is 6.07 Å². The Morgan fingerprint density at radius 2 is 0.811 bits per heavy atom. The van der Waals surface area contributed by atoms with Gasteiger partial charge in [-0.2, -0.15) is 0 Å². The van der Waals surface area contributed by atoms with Crippen molar-refractivity contribution in [2.24, 2.45) is 0 Å². The first-order valence-corrected chi connectivity index (χ1v) is 12.5. The molecule has 0 amide bonds. The van der Waals surface area contributed by atoms with Gasteiger partial charge in [0.2, 0.25) is 0 Å². The molecule has 0 aliphatic carbocycles. The van der Waals surface area contributed by atoms with Crippen LogP contribution in [0.25, 0.3) is 17.7 Å². The van der Waals surface area contributed by atoms with E-state index in [4.69, 9.17) is 0 Å². The molecule has 0 spiro atoms. The fraction of sp³-hybridized carbons (Fsp3) is 0. The van der Waals surface area contributed by atoms with E-state index in [0.717, 1.165) is 16.9 Å². The molecule has 0 atom stereocenters. The van der Waals surface area contributed by atoms with Crippen LogP contribution in [0.3, 0.4) is 0 Å². The lowest BCUT2D eigenvalue weighted by molar-refractivity contribution is 1.28. The minimum absolute atomic E-state index is 1.10. The molecule has 0 unspecified atom stereocenters. The zero-order chi connectivity index (χ0) is 25.1. The van der Waals surface area contributed by atoms with E-state index in [9.17, 15) is 0 Å². The first kappa shape index (κ1) is 23.8. The lowest BCUT2D eigenvalue weighted by Crippen LogP contribution is -2.10. The molecule has 0 N–H and O–H groups in total. The lowest BCUT2D eigenvalue weighted by Gasteiger charge is -2.23. The van der Waals surface area contributed by atoms with E-state index in [0.29, 0.717) is 0 Å². The highest BCUT2D eigenvalue weighted by atomic mass is 15.1. The van der Waals surface area contributed by atoms with Crippen LogP contribution >= 0.6 is 0 Å². The molecule has 0 bridgehead atoms. The molecule has 1 heteroatoms. The minimum atomic E-state index is 1.10. The summed E-state index contributed by atoms with van der Waals surface area (Å²) >= 11 is 0. The van der Waals surface area contributed by atoms with Gasteiger partial charge in [-0.15, -0.1) is 0 Å². The van der Waals surface area contributed by atoms with E-state index in [2.05, 4.69) is 175 Å². The smallest absolute Gasteiger partial charge is 0.0456 e. The summed E-state index contributed by atoms with van der Waals surface area (Å²) in [4.78, 5) is 2.26. The van der Waals surface area contributed by atoms with Crippen LogP contribution < -0.4 is 4.90 Å². The summed E-state index contributed by atoms with van der Waals surface area (Å²) in [5, 5.41) is 0. The molecule has 0 fully saturated rings. The predicted octanol–water partition coefficient (Wildman–Crippen LogP) is 9.64. The number of benzene rings is 5. The van der Waals surface area contributed by atoms with Crippen LogP contribution in [-0.4, -0.2) is 0 Å². The van der Waals surface area contributed by atoms with Crippen LogP contribution in [0.15, 0.2) is 164 Å². The molecule has 1 nitrogen and oxygen atoms in total. The van der Waals surface area contributed by atoms with Gasteiger partial charge in [0.1, 0.15) is 0 Å². The van der Waals surface area contributed by atoms with Crippen molar-refractivity contribution in [3.8, 4) is 0 Å². The van der Waals surface area contributed by atoms with E-state index in [1.165, 1.54) is 22.3 Å². The Morgan fingerprint density at radius 3 is 1.32 bits per heavy atom. The molecule has 0 aliphatic heterocycles. The van der Waals surface area contributed by atoms with E-state index >= 15 is 0 Å². The van der Waals surface area contributed by atoms with Crippen molar-refractivity contribution in [1.82, 2.24) is 0 Å². The molecule has 5 rings (SSSR count). The fourth-order valence-electron chi connectivity index (χ4n) is 4.21. The molecule has 0 saturated carbocycles. The number of hydrogen-bond donors (Lipinski definition) is 0. The normalized spacial score (nSPS) is 11.0. The lowest BCUT2D eigenvalue weighted by atomic mass is 9.98. The van der Waals surface area contributed by atoms with Crippen molar-refractivity contribution in [2.75, 3.05) is 4.90 Å². The summed E-state index contributed by atoms with van der Waals surface area (Å²) in [6.07, 6.45) is 10.6. The van der Waals surface area contributed by atoms with Crippen LogP contribution in [0.4, 0.5) is 11.4 Å². The maximum Gasteiger partial charge on any atom is 0.0456 e. The largest absolute Gasteiger partial charge is 0.317 e. The van der Waals surface area contributed by atoms with E-state index < -0.39 is 0 Å². The average molecular weight is 476 g/mol. The Labute approximate surface area is 220 Å². The van der Waals surface area contributed by atoms with Gasteiger partial charge in [0.25, 0.3) is 0 Å². The van der Waals surface area contributed by atoms with Crippen LogP contribution in [0.5, 0.6) is 0 Å². The Morgan fingerprint density at radius 1 is 0.405 bits per heavy atom. The van der Waals surface area contributed by atoms with Crippen molar-refractivity contribution in [3.05, 3.63) is 186 Å². The second-order valence-corrected chi connectivity index (χ2v) is 8.70. The SMILES string of the molecule is C(C=Cc1ccc(N(C=C(c2ccccc2)c2ccccc2)c2ccccc2)cc1)=Cc1ccccc1. The predicted molar refractivity (Wildman–Crippen MR) is 159 cm³/mol. The third kappa shape index (κ3) is 6.42. The van der Waals surface area contributed by atoms with Crippen LogP contribution in [-0.2, 0) is 0 Å². The van der Waals surface area contributed by atoms with Gasteiger partial charge in [0.15, 0.2) is 0 Å². The standard InChI is InChI=1S/C36H29N/c1-5-15-30(16-6-1)17-13-14-18-31-25-27-35(28-26-31)37(34-23-11-4-12-24-34)29-36(32-19-7-2-8-20-32)33-21-9-3-10-22-33/h1-29H. The molecule has 0 radical (unpaired) electrons. The number of rotatable bonds is 8. The zero-order valence-corrected chi connectivity index (χ0v) is 20.7. The second kappa shape index (κ2) is 12.2. The maximum atomic E-state index is 2.26. The highest BCUT2D eigenvalue weighted by Crippen LogP contribution is 2.31. The van der Waals surface area contributed by atoms with Gasteiger partial charge in [-0.05, 0) is 46.5 Å². The molecule has 37 heavy (non-hydrogen) atoms. The first-order chi connectivity index (χ1) is 18.4. The van der Waals surface area contributed by atoms with Crippen molar-refractivity contribution >= 4 is 29.1 Å². The Bertz CT molecular complexity index is 1420. The average Bonchev–Trinajstić information content (AvgIpc) is 2.98. The fourth-order valence-corrected chi connectivity index (χ4v) is 4.21. The van der Waals surface area contributed by atoms with Gasteiger partial charge in [-0.3, -0.25) is 0 Å². The van der Waals surface area contributed by atoms with Gasteiger partial charge in [0, 0.05) is 23.1 Å². The highest BCUT2D eigenvalue weighted by Gasteiger charge is 2.11.